The van der Waals surface area contributed by atoms with Crippen LogP contribution in [0.5, 0.6) is 0 Å². The van der Waals surface area contributed by atoms with Crippen molar-refractivity contribution in [2.45, 2.75) is 52.9 Å². The topological polar surface area (TPSA) is 37.8 Å². The van der Waals surface area contributed by atoms with Gasteiger partial charge in [0.2, 0.25) is 0 Å². The van der Waals surface area contributed by atoms with E-state index in [-0.39, 0.29) is 0 Å². The van der Waals surface area contributed by atoms with Gasteiger partial charge >= 0.3 is 0 Å². The van der Waals surface area contributed by atoms with Gasteiger partial charge in [-0.2, -0.15) is 0 Å². The molecule has 0 saturated heterocycles. The lowest BCUT2D eigenvalue weighted by atomic mass is 10.1. The molecule has 0 saturated carbocycles. The zero-order valence-electron chi connectivity index (χ0n) is 11.8. The summed E-state index contributed by atoms with van der Waals surface area (Å²) in [4.78, 5) is 8.33. The van der Waals surface area contributed by atoms with E-state index in [2.05, 4.69) is 43.0 Å². The van der Waals surface area contributed by atoms with Gasteiger partial charge in [0.15, 0.2) is 0 Å². The molecule has 18 heavy (non-hydrogen) atoms. The van der Waals surface area contributed by atoms with Crippen molar-refractivity contribution in [3.05, 3.63) is 17.0 Å². The third-order valence-electron chi connectivity index (χ3n) is 2.91. The van der Waals surface area contributed by atoms with E-state index in [4.69, 9.17) is 11.6 Å². The van der Waals surface area contributed by atoms with Crippen molar-refractivity contribution < 1.29 is 0 Å². The number of nitrogens with one attached hydrogen (secondary N) is 1. The van der Waals surface area contributed by atoms with Gasteiger partial charge in [0.25, 0.3) is 0 Å². The van der Waals surface area contributed by atoms with E-state index >= 15 is 0 Å². The summed E-state index contributed by atoms with van der Waals surface area (Å²) < 4.78 is 0. The minimum Gasteiger partial charge on any atom is -0.370 e. The number of nitrogens with zero attached hydrogens (tertiary/aromatic N) is 2. The van der Waals surface area contributed by atoms with E-state index < -0.39 is 0 Å². The average molecular weight is 270 g/mol. The summed E-state index contributed by atoms with van der Waals surface area (Å²) in [5, 5.41) is 3.93. The lowest BCUT2D eigenvalue weighted by Crippen LogP contribution is -2.08. The van der Waals surface area contributed by atoms with E-state index in [0.717, 1.165) is 30.3 Å². The van der Waals surface area contributed by atoms with Crippen LogP contribution in [-0.4, -0.2) is 16.5 Å². The zero-order chi connectivity index (χ0) is 13.5. The molecule has 1 aromatic heterocycles. The minimum absolute atomic E-state index is 0.330. The van der Waals surface area contributed by atoms with Crippen LogP contribution in [0.2, 0.25) is 5.15 Å². The fourth-order valence-corrected chi connectivity index (χ4v) is 2.26. The first-order valence-corrected chi connectivity index (χ1v) is 7.14. The Morgan fingerprint density at radius 3 is 2.50 bits per heavy atom. The van der Waals surface area contributed by atoms with Crippen LogP contribution in [0.25, 0.3) is 0 Å². The highest BCUT2D eigenvalue weighted by atomic mass is 35.5. The van der Waals surface area contributed by atoms with Gasteiger partial charge < -0.3 is 5.32 Å². The van der Waals surface area contributed by atoms with Crippen molar-refractivity contribution in [2.75, 3.05) is 11.9 Å². The highest BCUT2D eigenvalue weighted by Crippen LogP contribution is 2.27. The number of aromatic nitrogens is 2. The van der Waals surface area contributed by atoms with Gasteiger partial charge in [0.05, 0.1) is 0 Å². The van der Waals surface area contributed by atoms with Crippen molar-refractivity contribution in [2.24, 2.45) is 5.92 Å². The van der Waals surface area contributed by atoms with E-state index in [0.29, 0.717) is 11.1 Å². The lowest BCUT2D eigenvalue weighted by molar-refractivity contribution is 0.544. The SMILES string of the molecule is CC(C)CCCCNc1ncnc(Cl)c1C(C)C. The summed E-state index contributed by atoms with van der Waals surface area (Å²) in [7, 11) is 0. The molecule has 1 rings (SSSR count). The molecule has 0 aromatic carbocycles. The molecule has 0 amide bonds. The molecule has 0 unspecified atom stereocenters. The molecule has 0 aliphatic heterocycles. The number of hydrogen-bond donors (Lipinski definition) is 1. The third kappa shape index (κ3) is 4.81. The maximum absolute atomic E-state index is 6.11. The van der Waals surface area contributed by atoms with Gasteiger partial charge in [-0.3, -0.25) is 0 Å². The molecule has 0 aliphatic rings. The summed E-state index contributed by atoms with van der Waals surface area (Å²) in [5.41, 5.74) is 1.02. The molecule has 0 atom stereocenters. The summed E-state index contributed by atoms with van der Waals surface area (Å²) in [6, 6.07) is 0. The first-order valence-electron chi connectivity index (χ1n) is 6.76. The van der Waals surface area contributed by atoms with E-state index in [1.807, 2.05) is 0 Å². The Morgan fingerprint density at radius 2 is 1.89 bits per heavy atom. The maximum Gasteiger partial charge on any atom is 0.138 e. The number of unbranched alkanes of at least 4 members (excludes halogenated alkanes) is 1. The summed E-state index contributed by atoms with van der Waals surface area (Å²) in [6.45, 7) is 9.67. The summed E-state index contributed by atoms with van der Waals surface area (Å²) in [6.07, 6.45) is 5.21. The first-order chi connectivity index (χ1) is 8.52. The van der Waals surface area contributed by atoms with Crippen molar-refractivity contribution in [3.8, 4) is 0 Å². The summed E-state index contributed by atoms with van der Waals surface area (Å²) >= 11 is 6.11. The second-order valence-electron chi connectivity index (χ2n) is 5.40. The van der Waals surface area contributed by atoms with Crippen LogP contribution in [0.4, 0.5) is 5.82 Å². The number of anilines is 1. The highest BCUT2D eigenvalue weighted by Gasteiger charge is 2.12. The smallest absolute Gasteiger partial charge is 0.138 e. The molecule has 0 fully saturated rings. The molecule has 1 aromatic rings. The van der Waals surface area contributed by atoms with Gasteiger partial charge in [0.1, 0.15) is 17.3 Å². The van der Waals surface area contributed by atoms with E-state index in [1.54, 1.807) is 0 Å². The lowest BCUT2D eigenvalue weighted by Gasteiger charge is -2.14. The molecule has 3 nitrogen and oxygen atoms in total. The van der Waals surface area contributed by atoms with Crippen LogP contribution in [0.1, 0.15) is 58.4 Å². The standard InChI is InChI=1S/C14H24ClN3/c1-10(2)7-5-6-8-16-14-12(11(3)4)13(15)17-9-18-14/h9-11H,5-8H2,1-4H3,(H,16,17,18). The van der Waals surface area contributed by atoms with Gasteiger partial charge in [-0.15, -0.1) is 0 Å². The second kappa shape index (κ2) is 7.57. The molecular weight excluding hydrogens is 246 g/mol. The van der Waals surface area contributed by atoms with Crippen LogP contribution in [0.3, 0.4) is 0 Å². The monoisotopic (exact) mass is 269 g/mol. The zero-order valence-corrected chi connectivity index (χ0v) is 12.6. The van der Waals surface area contributed by atoms with Crippen LogP contribution in [0.15, 0.2) is 6.33 Å². The predicted molar refractivity (Wildman–Crippen MR) is 78.3 cm³/mol. The Kier molecular flexibility index (Phi) is 6.41. The van der Waals surface area contributed by atoms with Crippen LogP contribution < -0.4 is 5.32 Å². The normalized spacial score (nSPS) is 11.3. The Morgan fingerprint density at radius 1 is 1.17 bits per heavy atom. The highest BCUT2D eigenvalue weighted by molar-refractivity contribution is 6.30. The van der Waals surface area contributed by atoms with Crippen molar-refractivity contribution >= 4 is 17.4 Å². The van der Waals surface area contributed by atoms with E-state index in [1.165, 1.54) is 19.2 Å². The molecule has 1 heterocycles. The van der Waals surface area contributed by atoms with Gasteiger partial charge in [-0.25, -0.2) is 9.97 Å². The van der Waals surface area contributed by atoms with Crippen LogP contribution in [0, 0.1) is 5.92 Å². The maximum atomic E-state index is 6.11. The quantitative estimate of drug-likeness (QED) is 0.585. The second-order valence-corrected chi connectivity index (χ2v) is 5.76. The average Bonchev–Trinajstić information content (AvgIpc) is 2.27. The van der Waals surface area contributed by atoms with Crippen molar-refractivity contribution in [3.63, 3.8) is 0 Å². The Bertz CT molecular complexity index is 364. The summed E-state index contributed by atoms with van der Waals surface area (Å²) in [5.74, 6) is 2.00. The number of rotatable bonds is 7. The van der Waals surface area contributed by atoms with Crippen molar-refractivity contribution in [1.82, 2.24) is 9.97 Å². The van der Waals surface area contributed by atoms with Gasteiger partial charge in [-0.05, 0) is 18.3 Å². The van der Waals surface area contributed by atoms with Gasteiger partial charge in [0, 0.05) is 12.1 Å². The molecular formula is C14H24ClN3. The van der Waals surface area contributed by atoms with Crippen LogP contribution in [-0.2, 0) is 0 Å². The fourth-order valence-electron chi connectivity index (χ4n) is 1.91. The number of halogens is 1. The largest absolute Gasteiger partial charge is 0.370 e. The molecule has 1 N–H and O–H groups in total. The van der Waals surface area contributed by atoms with E-state index in [9.17, 15) is 0 Å². The number of hydrogen-bond acceptors (Lipinski definition) is 3. The minimum atomic E-state index is 0.330. The Hall–Kier alpha value is -0.830. The third-order valence-corrected chi connectivity index (χ3v) is 3.21. The van der Waals surface area contributed by atoms with Crippen LogP contribution >= 0.6 is 11.6 Å². The first kappa shape index (κ1) is 15.2. The molecule has 0 bridgehead atoms. The Labute approximate surface area is 115 Å². The Balaban J connectivity index is 2.49. The molecule has 4 heteroatoms. The molecule has 0 aliphatic carbocycles. The van der Waals surface area contributed by atoms with Gasteiger partial charge in [-0.1, -0.05) is 52.1 Å². The van der Waals surface area contributed by atoms with Crippen molar-refractivity contribution in [1.29, 1.82) is 0 Å². The molecule has 102 valence electrons. The molecule has 0 spiro atoms. The fraction of sp³-hybridized carbons (Fsp3) is 0.714. The molecule has 0 radical (unpaired) electrons. The predicted octanol–water partition coefficient (Wildman–Crippen LogP) is 4.49.